The van der Waals surface area contributed by atoms with Gasteiger partial charge in [0, 0.05) is 12.8 Å². The molecule has 0 aromatic heterocycles. The van der Waals surface area contributed by atoms with Gasteiger partial charge < -0.3 is 0 Å². The fourth-order valence-corrected chi connectivity index (χ4v) is 0.676. The largest absolute Gasteiger partial charge is 0.389 e. The lowest BCUT2D eigenvalue weighted by Gasteiger charge is -2.06. The van der Waals surface area contributed by atoms with E-state index in [-0.39, 0.29) is 12.8 Å². The molecule has 0 amide bonds. The summed E-state index contributed by atoms with van der Waals surface area (Å²) < 4.78 is 68.8. The van der Waals surface area contributed by atoms with E-state index in [0.717, 1.165) is 6.42 Å². The monoisotopic (exact) mass is 207 g/mol. The Morgan fingerprint density at radius 2 is 1.00 bits per heavy atom. The Balaban J connectivity index is 3.28. The standard InChI is InChI=1S/C7H9F6/c8-6(9,10)4-2-1-3-5-7(11,12)13/h1H,2-5H2. The summed E-state index contributed by atoms with van der Waals surface area (Å²) in [7, 11) is 0. The van der Waals surface area contributed by atoms with Crippen LogP contribution in [0, 0.1) is 6.42 Å². The van der Waals surface area contributed by atoms with Crippen molar-refractivity contribution in [2.45, 2.75) is 38.0 Å². The van der Waals surface area contributed by atoms with Gasteiger partial charge in [-0.05, 0) is 19.3 Å². The fraction of sp³-hybridized carbons (Fsp3) is 0.857. The molecule has 79 valence electrons. The van der Waals surface area contributed by atoms with Crippen LogP contribution in [0.15, 0.2) is 0 Å². The lowest BCUT2D eigenvalue weighted by Crippen LogP contribution is -2.08. The minimum absolute atomic E-state index is 0.348. The molecule has 0 aliphatic rings. The maximum Gasteiger partial charge on any atom is 0.389 e. The SMILES string of the molecule is FC(F)(F)CC[CH]CCC(F)(F)F. The molecule has 0 atom stereocenters. The Bertz CT molecular complexity index is 117. The van der Waals surface area contributed by atoms with Gasteiger partial charge in [0.25, 0.3) is 0 Å². The quantitative estimate of drug-likeness (QED) is 0.484. The average molecular weight is 207 g/mol. The molecule has 0 nitrogen and oxygen atoms in total. The summed E-state index contributed by atoms with van der Waals surface area (Å²) in [5.41, 5.74) is 0. The maximum absolute atomic E-state index is 11.5. The first-order valence-electron chi connectivity index (χ1n) is 3.66. The number of unbranched alkanes of at least 4 members (excludes halogenated alkanes) is 2. The van der Waals surface area contributed by atoms with Crippen molar-refractivity contribution >= 4 is 0 Å². The van der Waals surface area contributed by atoms with Gasteiger partial charge in [-0.3, -0.25) is 0 Å². The zero-order valence-electron chi connectivity index (χ0n) is 6.67. The van der Waals surface area contributed by atoms with Crippen molar-refractivity contribution in [2.24, 2.45) is 0 Å². The van der Waals surface area contributed by atoms with Gasteiger partial charge in [-0.15, -0.1) is 0 Å². The van der Waals surface area contributed by atoms with E-state index in [1.165, 1.54) is 0 Å². The Labute approximate surface area is 71.9 Å². The lowest BCUT2D eigenvalue weighted by molar-refractivity contribution is -0.136. The highest BCUT2D eigenvalue weighted by atomic mass is 19.4. The van der Waals surface area contributed by atoms with Gasteiger partial charge in [0.1, 0.15) is 0 Å². The molecule has 0 saturated heterocycles. The molecular formula is C7H9F6. The predicted molar refractivity (Wildman–Crippen MR) is 34.9 cm³/mol. The van der Waals surface area contributed by atoms with Crippen LogP contribution in [0.2, 0.25) is 0 Å². The van der Waals surface area contributed by atoms with Gasteiger partial charge in [-0.1, -0.05) is 0 Å². The number of halogens is 6. The summed E-state index contributed by atoms with van der Waals surface area (Å²) in [4.78, 5) is 0. The molecule has 0 unspecified atom stereocenters. The van der Waals surface area contributed by atoms with Crippen molar-refractivity contribution in [3.63, 3.8) is 0 Å². The van der Waals surface area contributed by atoms with Crippen LogP contribution >= 0.6 is 0 Å². The Morgan fingerprint density at radius 3 is 1.23 bits per heavy atom. The van der Waals surface area contributed by atoms with E-state index in [2.05, 4.69) is 0 Å². The van der Waals surface area contributed by atoms with Crippen molar-refractivity contribution in [1.82, 2.24) is 0 Å². The Kier molecular flexibility index (Phi) is 4.56. The van der Waals surface area contributed by atoms with Crippen molar-refractivity contribution in [3.8, 4) is 0 Å². The molecule has 0 heterocycles. The van der Waals surface area contributed by atoms with Crippen LogP contribution in [0.5, 0.6) is 0 Å². The molecule has 0 bridgehead atoms. The fourth-order valence-electron chi connectivity index (χ4n) is 0.676. The average Bonchev–Trinajstić information content (AvgIpc) is 1.81. The van der Waals surface area contributed by atoms with Gasteiger partial charge in [0.05, 0.1) is 0 Å². The molecule has 13 heavy (non-hydrogen) atoms. The first-order chi connectivity index (χ1) is 5.71. The highest BCUT2D eigenvalue weighted by molar-refractivity contribution is 4.69. The van der Waals surface area contributed by atoms with Crippen LogP contribution in [0.4, 0.5) is 26.3 Å². The minimum atomic E-state index is -4.28. The van der Waals surface area contributed by atoms with E-state index < -0.39 is 25.2 Å². The molecule has 0 aliphatic heterocycles. The van der Waals surface area contributed by atoms with Crippen molar-refractivity contribution in [3.05, 3.63) is 6.42 Å². The van der Waals surface area contributed by atoms with Crippen LogP contribution in [0.3, 0.4) is 0 Å². The summed E-state index contributed by atoms with van der Waals surface area (Å²) >= 11 is 0. The molecule has 0 N–H and O–H groups in total. The van der Waals surface area contributed by atoms with E-state index >= 15 is 0 Å². The zero-order chi connectivity index (χ0) is 10.5. The topological polar surface area (TPSA) is 0 Å². The second-order valence-electron chi connectivity index (χ2n) is 2.60. The highest BCUT2D eigenvalue weighted by Gasteiger charge is 2.28. The third-order valence-electron chi connectivity index (χ3n) is 1.26. The molecule has 1 radical (unpaired) electrons. The summed E-state index contributed by atoms with van der Waals surface area (Å²) in [6.45, 7) is 0. The van der Waals surface area contributed by atoms with Gasteiger partial charge in [0.2, 0.25) is 0 Å². The van der Waals surface area contributed by atoms with E-state index in [4.69, 9.17) is 0 Å². The molecule has 0 aliphatic carbocycles. The van der Waals surface area contributed by atoms with Crippen LogP contribution in [-0.2, 0) is 0 Å². The second-order valence-corrected chi connectivity index (χ2v) is 2.60. The minimum Gasteiger partial charge on any atom is -0.171 e. The Hall–Kier alpha value is -0.420. The van der Waals surface area contributed by atoms with Crippen LogP contribution in [0.1, 0.15) is 25.7 Å². The van der Waals surface area contributed by atoms with Gasteiger partial charge in [-0.2, -0.15) is 26.3 Å². The van der Waals surface area contributed by atoms with Gasteiger partial charge in [0.15, 0.2) is 0 Å². The van der Waals surface area contributed by atoms with Crippen LogP contribution in [0.25, 0.3) is 0 Å². The molecule has 0 saturated carbocycles. The molecule has 0 spiro atoms. The summed E-state index contributed by atoms with van der Waals surface area (Å²) in [6, 6.07) is 0. The summed E-state index contributed by atoms with van der Waals surface area (Å²) in [5, 5.41) is 0. The van der Waals surface area contributed by atoms with Crippen LogP contribution in [-0.4, -0.2) is 12.4 Å². The molecular weight excluding hydrogens is 198 g/mol. The Morgan fingerprint density at radius 1 is 0.692 bits per heavy atom. The second kappa shape index (κ2) is 4.72. The number of hydrogen-bond donors (Lipinski definition) is 0. The number of hydrogen-bond acceptors (Lipinski definition) is 0. The van der Waals surface area contributed by atoms with Gasteiger partial charge in [-0.25, -0.2) is 0 Å². The number of rotatable bonds is 4. The van der Waals surface area contributed by atoms with Gasteiger partial charge >= 0.3 is 12.4 Å². The van der Waals surface area contributed by atoms with Crippen molar-refractivity contribution in [1.29, 1.82) is 0 Å². The lowest BCUT2D eigenvalue weighted by atomic mass is 10.1. The predicted octanol–water partition coefficient (Wildman–Crippen LogP) is 3.88. The normalized spacial score (nSPS) is 13.4. The third-order valence-corrected chi connectivity index (χ3v) is 1.26. The summed E-state index contributed by atoms with van der Waals surface area (Å²) in [6.07, 6.45) is -10.3. The summed E-state index contributed by atoms with van der Waals surface area (Å²) in [5.74, 6) is 0. The van der Waals surface area contributed by atoms with Crippen molar-refractivity contribution in [2.75, 3.05) is 0 Å². The molecule has 0 aromatic rings. The maximum atomic E-state index is 11.5. The highest BCUT2D eigenvalue weighted by Crippen LogP contribution is 2.25. The van der Waals surface area contributed by atoms with E-state index in [0.29, 0.717) is 0 Å². The molecule has 6 heteroatoms. The van der Waals surface area contributed by atoms with E-state index in [1.807, 2.05) is 0 Å². The molecule has 0 aromatic carbocycles. The van der Waals surface area contributed by atoms with Crippen molar-refractivity contribution < 1.29 is 26.3 Å². The van der Waals surface area contributed by atoms with E-state index in [9.17, 15) is 26.3 Å². The number of alkyl halides is 6. The molecule has 0 rings (SSSR count). The molecule has 0 fully saturated rings. The third kappa shape index (κ3) is 11.6. The zero-order valence-corrected chi connectivity index (χ0v) is 6.67. The smallest absolute Gasteiger partial charge is 0.171 e. The first-order valence-corrected chi connectivity index (χ1v) is 3.66. The van der Waals surface area contributed by atoms with Crippen LogP contribution < -0.4 is 0 Å². The first kappa shape index (κ1) is 12.6. The van der Waals surface area contributed by atoms with E-state index in [1.54, 1.807) is 0 Å².